The van der Waals surface area contributed by atoms with E-state index in [1.807, 2.05) is 0 Å². The molecular formula is C28H23N5O8. The summed E-state index contributed by atoms with van der Waals surface area (Å²) in [6.45, 7) is 0. The number of urea groups is 2. The zero-order valence-electron chi connectivity index (χ0n) is 21.8. The van der Waals surface area contributed by atoms with Gasteiger partial charge in [0.1, 0.15) is 23.3 Å². The zero-order chi connectivity index (χ0) is 29.3. The molecule has 3 aromatic rings. The van der Waals surface area contributed by atoms with Crippen LogP contribution in [-0.4, -0.2) is 54.9 Å². The smallest absolute Gasteiger partial charge is 0.335 e. The second kappa shape index (κ2) is 10.9. The number of hydrogen-bond acceptors (Lipinski definition) is 9. The molecule has 3 atom stereocenters. The molecule has 2 aliphatic heterocycles. The first-order valence-electron chi connectivity index (χ1n) is 12.3. The first-order chi connectivity index (χ1) is 19.7. The molecule has 208 valence electrons. The lowest BCUT2D eigenvalue weighted by Crippen LogP contribution is -2.64. The van der Waals surface area contributed by atoms with Crippen LogP contribution in [0.2, 0.25) is 0 Å². The van der Waals surface area contributed by atoms with Crippen molar-refractivity contribution < 1.29 is 38.2 Å². The molecule has 13 heteroatoms. The Bertz CT molecular complexity index is 1440. The molecule has 0 bridgehead atoms. The van der Waals surface area contributed by atoms with Gasteiger partial charge in [-0.05, 0) is 66.2 Å². The first-order valence-corrected chi connectivity index (χ1v) is 12.3. The van der Waals surface area contributed by atoms with Gasteiger partial charge in [0.25, 0.3) is 0 Å². The molecule has 0 spiro atoms. The van der Waals surface area contributed by atoms with Gasteiger partial charge in [0.15, 0.2) is 0 Å². The van der Waals surface area contributed by atoms with Crippen LogP contribution < -0.4 is 29.9 Å². The Hall–Kier alpha value is -5.59. The molecule has 1 aromatic heterocycles. The van der Waals surface area contributed by atoms with Gasteiger partial charge < -0.3 is 9.47 Å². The van der Waals surface area contributed by atoms with Crippen LogP contribution in [0.15, 0.2) is 73.1 Å². The molecule has 2 aliphatic rings. The van der Waals surface area contributed by atoms with E-state index in [1.165, 1.54) is 87.3 Å². The molecule has 2 N–H and O–H groups in total. The number of nitrogens with one attached hydrogen (secondary N) is 2. The summed E-state index contributed by atoms with van der Waals surface area (Å²) in [6.07, 6.45) is 2.75. The number of hydrogen-bond donors (Lipinski definition) is 2. The number of imide groups is 4. The van der Waals surface area contributed by atoms with Crippen molar-refractivity contribution in [3.05, 3.63) is 78.6 Å². The number of pyridine rings is 1. The number of ether oxygens (including phenoxy) is 2. The summed E-state index contributed by atoms with van der Waals surface area (Å²) in [4.78, 5) is 85.6. The number of aromatic nitrogens is 1. The third-order valence-corrected chi connectivity index (χ3v) is 6.87. The third kappa shape index (κ3) is 4.84. The van der Waals surface area contributed by atoms with Gasteiger partial charge >= 0.3 is 12.1 Å². The van der Waals surface area contributed by atoms with E-state index in [9.17, 15) is 28.8 Å². The number of benzene rings is 2. The predicted molar refractivity (Wildman–Crippen MR) is 142 cm³/mol. The van der Waals surface area contributed by atoms with Gasteiger partial charge in [0.2, 0.25) is 23.6 Å². The molecule has 2 fully saturated rings. The van der Waals surface area contributed by atoms with E-state index < -0.39 is 53.4 Å². The van der Waals surface area contributed by atoms with Crippen LogP contribution in [0.5, 0.6) is 11.5 Å². The first kappa shape index (κ1) is 27.0. The molecule has 0 aliphatic carbocycles. The van der Waals surface area contributed by atoms with Crippen molar-refractivity contribution in [1.82, 2.24) is 15.6 Å². The van der Waals surface area contributed by atoms with Crippen molar-refractivity contribution in [2.45, 2.75) is 5.92 Å². The second-order valence-electron chi connectivity index (χ2n) is 9.09. The van der Waals surface area contributed by atoms with Gasteiger partial charge in [-0.3, -0.25) is 34.8 Å². The lowest BCUT2D eigenvalue weighted by atomic mass is 9.73. The van der Waals surface area contributed by atoms with Crippen molar-refractivity contribution in [1.29, 1.82) is 0 Å². The number of carbonyl (C=O) groups is 6. The Morgan fingerprint density at radius 3 is 1.39 bits per heavy atom. The molecule has 41 heavy (non-hydrogen) atoms. The summed E-state index contributed by atoms with van der Waals surface area (Å²) in [5.74, 6) is -7.81. The van der Waals surface area contributed by atoms with Gasteiger partial charge in [-0.1, -0.05) is 0 Å². The highest BCUT2D eigenvalue weighted by atomic mass is 16.5. The molecule has 5 rings (SSSR count). The molecule has 1 unspecified atom stereocenters. The Labute approximate surface area is 233 Å². The van der Waals surface area contributed by atoms with Crippen LogP contribution in [0.25, 0.3) is 0 Å². The number of anilines is 2. The SMILES string of the molecule is COc1ccc(N2C(=O)NC(=O)[C@@H](C(c3ccncc3)[C@H]3C(=O)NC(=O)N(c4ccc(OC)cc4)C3=O)C2=O)cc1. The number of amides is 8. The molecule has 2 saturated heterocycles. The summed E-state index contributed by atoms with van der Waals surface area (Å²) in [6, 6.07) is 12.8. The lowest BCUT2D eigenvalue weighted by molar-refractivity contribution is -0.140. The number of carbonyl (C=O) groups excluding carboxylic acids is 6. The van der Waals surface area contributed by atoms with Crippen LogP contribution in [0.3, 0.4) is 0 Å². The number of nitrogens with zero attached hydrogens (tertiary/aromatic N) is 3. The van der Waals surface area contributed by atoms with E-state index in [2.05, 4.69) is 15.6 Å². The van der Waals surface area contributed by atoms with E-state index in [-0.39, 0.29) is 16.9 Å². The van der Waals surface area contributed by atoms with Crippen molar-refractivity contribution in [2.75, 3.05) is 24.0 Å². The Kier molecular flexibility index (Phi) is 7.17. The van der Waals surface area contributed by atoms with Crippen molar-refractivity contribution in [3.63, 3.8) is 0 Å². The standard InChI is InChI=1S/C28H23N5O8/c1-40-18-7-3-16(4-8-18)32-25(36)21(23(34)30-27(32)38)20(15-11-13-29-14-12-15)22-24(35)31-28(39)33(26(22)37)17-5-9-19(41-2)10-6-17/h3-14,20-22H,1-2H3,(H,30,34,38)(H,31,35,39)/t20?,21-,22+. The van der Waals surface area contributed by atoms with Crippen LogP contribution in [0, 0.1) is 11.8 Å². The lowest BCUT2D eigenvalue weighted by Gasteiger charge is -2.39. The molecule has 0 saturated carbocycles. The molecule has 8 amide bonds. The molecule has 2 aromatic carbocycles. The molecule has 0 radical (unpaired) electrons. The molecule has 3 heterocycles. The number of methoxy groups -OCH3 is 2. The highest BCUT2D eigenvalue weighted by molar-refractivity contribution is 6.31. The van der Waals surface area contributed by atoms with Crippen molar-refractivity contribution in [3.8, 4) is 11.5 Å². The minimum atomic E-state index is -1.71. The van der Waals surface area contributed by atoms with Crippen LogP contribution in [0.1, 0.15) is 11.5 Å². The van der Waals surface area contributed by atoms with Crippen LogP contribution in [-0.2, 0) is 19.2 Å². The highest BCUT2D eigenvalue weighted by Crippen LogP contribution is 2.39. The van der Waals surface area contributed by atoms with E-state index in [0.717, 1.165) is 9.80 Å². The van der Waals surface area contributed by atoms with Gasteiger partial charge in [0, 0.05) is 18.3 Å². The maximum Gasteiger partial charge on any atom is 0.335 e. The minimum Gasteiger partial charge on any atom is -0.497 e. The Balaban J connectivity index is 1.59. The normalized spacial score (nSPS) is 20.0. The maximum atomic E-state index is 13.9. The Morgan fingerprint density at radius 2 is 1.02 bits per heavy atom. The summed E-state index contributed by atoms with van der Waals surface area (Å²) < 4.78 is 10.3. The molecular weight excluding hydrogens is 534 g/mol. The Morgan fingerprint density at radius 1 is 0.634 bits per heavy atom. The van der Waals surface area contributed by atoms with Gasteiger partial charge in [-0.15, -0.1) is 0 Å². The van der Waals surface area contributed by atoms with Crippen LogP contribution in [0.4, 0.5) is 21.0 Å². The van der Waals surface area contributed by atoms with E-state index in [0.29, 0.717) is 11.5 Å². The zero-order valence-corrected chi connectivity index (χ0v) is 21.8. The predicted octanol–water partition coefficient (Wildman–Crippen LogP) is 1.98. The average Bonchev–Trinajstić information content (AvgIpc) is 2.97. The fourth-order valence-electron chi connectivity index (χ4n) is 4.93. The highest BCUT2D eigenvalue weighted by Gasteiger charge is 2.55. The van der Waals surface area contributed by atoms with E-state index >= 15 is 0 Å². The summed E-state index contributed by atoms with van der Waals surface area (Å²) in [7, 11) is 2.90. The molecule has 13 nitrogen and oxygen atoms in total. The maximum absolute atomic E-state index is 13.9. The largest absolute Gasteiger partial charge is 0.497 e. The van der Waals surface area contributed by atoms with Gasteiger partial charge in [-0.2, -0.15) is 0 Å². The fourth-order valence-corrected chi connectivity index (χ4v) is 4.93. The fraction of sp³-hybridized carbons (Fsp3) is 0.179. The van der Waals surface area contributed by atoms with Crippen molar-refractivity contribution >= 4 is 47.1 Å². The summed E-state index contributed by atoms with van der Waals surface area (Å²) >= 11 is 0. The average molecular weight is 558 g/mol. The third-order valence-electron chi connectivity index (χ3n) is 6.87. The number of rotatable bonds is 7. The van der Waals surface area contributed by atoms with Crippen molar-refractivity contribution in [2.24, 2.45) is 11.8 Å². The monoisotopic (exact) mass is 557 g/mol. The summed E-state index contributed by atoms with van der Waals surface area (Å²) in [5, 5.41) is 4.33. The number of barbiturate groups is 2. The van der Waals surface area contributed by atoms with Gasteiger partial charge in [-0.25, -0.2) is 19.4 Å². The van der Waals surface area contributed by atoms with Crippen LogP contribution >= 0.6 is 0 Å². The quantitative estimate of drug-likeness (QED) is 0.413. The van der Waals surface area contributed by atoms with E-state index in [4.69, 9.17) is 9.47 Å². The summed E-state index contributed by atoms with van der Waals surface area (Å²) in [5.41, 5.74) is 0.512. The minimum absolute atomic E-state index is 0.133. The second-order valence-corrected chi connectivity index (χ2v) is 9.09. The van der Waals surface area contributed by atoms with E-state index in [1.54, 1.807) is 0 Å². The van der Waals surface area contributed by atoms with Gasteiger partial charge in [0.05, 0.1) is 25.6 Å². The topological polar surface area (TPSA) is 164 Å².